The highest BCUT2D eigenvalue weighted by Crippen LogP contribution is 2.39. The topological polar surface area (TPSA) is 77.4 Å². The van der Waals surface area contributed by atoms with Crippen LogP contribution in [0, 0.1) is 0 Å². The van der Waals surface area contributed by atoms with Crippen molar-refractivity contribution < 1.29 is 23.8 Å². The van der Waals surface area contributed by atoms with E-state index in [1.165, 1.54) is 16.7 Å². The third-order valence-electron chi connectivity index (χ3n) is 5.38. The van der Waals surface area contributed by atoms with Crippen molar-refractivity contribution in [3.05, 3.63) is 92.8 Å². The van der Waals surface area contributed by atoms with Crippen molar-refractivity contribution in [3.63, 3.8) is 0 Å². The SMILES string of the molecule is CCOC(=O)c1ccc(N=C2SC(=Cc3cc(Br)c(OCc4ccccc4)c(OC)c3)C(=O)N2C)cc1. The zero-order valence-electron chi connectivity index (χ0n) is 20.6. The molecule has 0 aromatic heterocycles. The number of nitrogens with zero attached hydrogens (tertiary/aromatic N) is 2. The number of amides is 1. The van der Waals surface area contributed by atoms with Gasteiger partial charge in [-0.15, -0.1) is 0 Å². The lowest BCUT2D eigenvalue weighted by Crippen LogP contribution is -2.23. The summed E-state index contributed by atoms with van der Waals surface area (Å²) in [4.78, 5) is 31.4. The molecule has 1 saturated heterocycles. The molecule has 0 saturated carbocycles. The summed E-state index contributed by atoms with van der Waals surface area (Å²) in [5.74, 6) is 0.597. The molecule has 0 radical (unpaired) electrons. The van der Waals surface area contributed by atoms with Gasteiger partial charge in [0, 0.05) is 7.05 Å². The molecule has 9 heteroatoms. The third-order valence-corrected chi connectivity index (χ3v) is 7.03. The maximum Gasteiger partial charge on any atom is 0.338 e. The molecule has 0 spiro atoms. The van der Waals surface area contributed by atoms with Gasteiger partial charge in [0.2, 0.25) is 0 Å². The van der Waals surface area contributed by atoms with Gasteiger partial charge in [0.05, 0.1) is 34.3 Å². The molecule has 7 nitrogen and oxygen atoms in total. The van der Waals surface area contributed by atoms with Gasteiger partial charge in [-0.3, -0.25) is 9.69 Å². The molecule has 0 N–H and O–H groups in total. The minimum absolute atomic E-state index is 0.161. The number of rotatable bonds is 8. The number of esters is 1. The lowest BCUT2D eigenvalue weighted by molar-refractivity contribution is -0.121. The molecule has 1 heterocycles. The number of ether oxygens (including phenoxy) is 3. The van der Waals surface area contributed by atoms with Gasteiger partial charge in [-0.1, -0.05) is 30.3 Å². The van der Waals surface area contributed by atoms with Crippen LogP contribution >= 0.6 is 27.7 Å². The zero-order chi connectivity index (χ0) is 26.4. The van der Waals surface area contributed by atoms with E-state index in [1.54, 1.807) is 51.4 Å². The first-order valence-corrected chi connectivity index (χ1v) is 13.1. The molecule has 1 amide bonds. The van der Waals surface area contributed by atoms with Crippen molar-refractivity contribution in [3.8, 4) is 11.5 Å². The predicted octanol–water partition coefficient (Wildman–Crippen LogP) is 6.45. The standard InChI is InChI=1S/C28H25BrN2O5S/c1-4-35-27(33)20-10-12-21(13-11-20)30-28-31(2)26(32)24(37-28)16-19-14-22(29)25(23(15-19)34-3)36-17-18-8-6-5-7-9-18/h5-16H,4,17H2,1-3H3. The fraction of sp³-hybridized carbons (Fsp3) is 0.179. The Balaban J connectivity index is 1.53. The van der Waals surface area contributed by atoms with Gasteiger partial charge in [0.1, 0.15) is 6.61 Å². The van der Waals surface area contributed by atoms with Crippen LogP contribution in [0.3, 0.4) is 0 Å². The second kappa shape index (κ2) is 12.1. The van der Waals surface area contributed by atoms with Crippen LogP contribution in [0.15, 0.2) is 81.1 Å². The van der Waals surface area contributed by atoms with Crippen LogP contribution in [0.2, 0.25) is 0 Å². The van der Waals surface area contributed by atoms with Crippen LogP contribution in [0.5, 0.6) is 11.5 Å². The predicted molar refractivity (Wildman–Crippen MR) is 149 cm³/mol. The highest BCUT2D eigenvalue weighted by atomic mass is 79.9. The van der Waals surface area contributed by atoms with Gasteiger partial charge >= 0.3 is 5.97 Å². The minimum Gasteiger partial charge on any atom is -0.493 e. The lowest BCUT2D eigenvalue weighted by atomic mass is 10.1. The number of hydrogen-bond acceptors (Lipinski definition) is 7. The summed E-state index contributed by atoms with van der Waals surface area (Å²) in [5, 5.41) is 0.536. The molecule has 0 bridgehead atoms. The number of thioether (sulfide) groups is 1. The van der Waals surface area contributed by atoms with Crippen LogP contribution in [0.25, 0.3) is 6.08 Å². The van der Waals surface area contributed by atoms with Gasteiger partial charge in [-0.25, -0.2) is 9.79 Å². The molecule has 3 aromatic rings. The number of amidine groups is 1. The summed E-state index contributed by atoms with van der Waals surface area (Å²) in [5.41, 5.74) is 2.90. The first-order valence-electron chi connectivity index (χ1n) is 11.5. The van der Waals surface area contributed by atoms with Crippen molar-refractivity contribution >= 4 is 56.5 Å². The van der Waals surface area contributed by atoms with E-state index in [0.717, 1.165) is 11.1 Å². The molecular weight excluding hydrogens is 556 g/mol. The molecule has 3 aromatic carbocycles. The van der Waals surface area contributed by atoms with E-state index in [0.29, 0.717) is 50.5 Å². The Morgan fingerprint density at radius 2 is 1.84 bits per heavy atom. The molecule has 37 heavy (non-hydrogen) atoms. The van der Waals surface area contributed by atoms with Gasteiger partial charge < -0.3 is 14.2 Å². The average Bonchev–Trinajstić information content (AvgIpc) is 3.16. The number of carbonyl (C=O) groups is 2. The van der Waals surface area contributed by atoms with E-state index in [4.69, 9.17) is 14.2 Å². The van der Waals surface area contributed by atoms with Crippen LogP contribution in [0.4, 0.5) is 5.69 Å². The van der Waals surface area contributed by atoms with Crippen molar-refractivity contribution in [2.24, 2.45) is 4.99 Å². The molecule has 0 aliphatic carbocycles. The molecule has 4 rings (SSSR count). The van der Waals surface area contributed by atoms with Crippen molar-refractivity contribution in [1.29, 1.82) is 0 Å². The summed E-state index contributed by atoms with van der Waals surface area (Å²) in [6.07, 6.45) is 1.80. The summed E-state index contributed by atoms with van der Waals surface area (Å²) in [6, 6.07) is 20.3. The van der Waals surface area contributed by atoms with E-state index in [1.807, 2.05) is 42.5 Å². The van der Waals surface area contributed by atoms with Crippen molar-refractivity contribution in [1.82, 2.24) is 4.90 Å². The van der Waals surface area contributed by atoms with E-state index in [2.05, 4.69) is 20.9 Å². The average molecular weight is 581 g/mol. The zero-order valence-corrected chi connectivity index (χ0v) is 23.0. The molecular formula is C28H25BrN2O5S. The van der Waals surface area contributed by atoms with Gasteiger partial charge in [0.15, 0.2) is 16.7 Å². The number of likely N-dealkylation sites (N-methyl/N-ethyl adjacent to an activating group) is 1. The van der Waals surface area contributed by atoms with Gasteiger partial charge in [-0.05, 0) is 88.2 Å². The molecule has 190 valence electrons. The van der Waals surface area contributed by atoms with E-state index < -0.39 is 0 Å². The Hall–Kier alpha value is -3.56. The first kappa shape index (κ1) is 26.5. The number of methoxy groups -OCH3 is 1. The summed E-state index contributed by atoms with van der Waals surface area (Å²) >= 11 is 4.85. The number of benzene rings is 3. The second-order valence-corrected chi connectivity index (χ2v) is 9.81. The highest BCUT2D eigenvalue weighted by molar-refractivity contribution is 9.10. The second-order valence-electron chi connectivity index (χ2n) is 7.94. The number of carbonyl (C=O) groups excluding carboxylic acids is 2. The molecule has 0 unspecified atom stereocenters. The Labute approximate surface area is 228 Å². The Bertz CT molecular complexity index is 1360. The van der Waals surface area contributed by atoms with E-state index in [9.17, 15) is 9.59 Å². The molecule has 1 aliphatic heterocycles. The van der Waals surface area contributed by atoms with Crippen molar-refractivity contribution in [2.45, 2.75) is 13.5 Å². The molecule has 0 atom stereocenters. The summed E-state index contributed by atoms with van der Waals surface area (Å²) < 4.78 is 17.3. The van der Waals surface area contributed by atoms with Gasteiger partial charge in [0.25, 0.3) is 5.91 Å². The highest BCUT2D eigenvalue weighted by Gasteiger charge is 2.30. The fourth-order valence-corrected chi connectivity index (χ4v) is 5.05. The van der Waals surface area contributed by atoms with Crippen LogP contribution in [-0.4, -0.2) is 42.7 Å². The fourth-order valence-electron chi connectivity index (χ4n) is 3.49. The van der Waals surface area contributed by atoms with E-state index >= 15 is 0 Å². The minimum atomic E-state index is -0.382. The lowest BCUT2D eigenvalue weighted by Gasteiger charge is -2.14. The number of halogens is 1. The Morgan fingerprint density at radius 3 is 2.51 bits per heavy atom. The summed E-state index contributed by atoms with van der Waals surface area (Å²) in [6.45, 7) is 2.47. The maximum atomic E-state index is 12.9. The maximum absolute atomic E-state index is 12.9. The monoisotopic (exact) mass is 580 g/mol. The van der Waals surface area contributed by atoms with E-state index in [-0.39, 0.29) is 11.9 Å². The smallest absolute Gasteiger partial charge is 0.338 e. The van der Waals surface area contributed by atoms with Crippen molar-refractivity contribution in [2.75, 3.05) is 20.8 Å². The quantitative estimate of drug-likeness (QED) is 0.225. The Kier molecular flexibility index (Phi) is 8.68. The largest absolute Gasteiger partial charge is 0.493 e. The van der Waals surface area contributed by atoms with Gasteiger partial charge in [-0.2, -0.15) is 0 Å². The third kappa shape index (κ3) is 6.42. The summed E-state index contributed by atoms with van der Waals surface area (Å²) in [7, 11) is 3.26. The van der Waals surface area contributed by atoms with Crippen LogP contribution in [-0.2, 0) is 16.1 Å². The van der Waals surface area contributed by atoms with Crippen LogP contribution < -0.4 is 9.47 Å². The number of hydrogen-bond donors (Lipinski definition) is 0. The Morgan fingerprint density at radius 1 is 1.11 bits per heavy atom. The number of aliphatic imine (C=N–C) groups is 1. The first-order chi connectivity index (χ1) is 17.9. The molecule has 1 aliphatic rings. The normalized spacial score (nSPS) is 15.4. The van der Waals surface area contributed by atoms with Crippen LogP contribution in [0.1, 0.15) is 28.4 Å². The molecule has 1 fully saturated rings.